The maximum atomic E-state index is 13.4. The first-order valence-corrected chi connectivity index (χ1v) is 11.0. The van der Waals surface area contributed by atoms with Crippen LogP contribution in [0.25, 0.3) is 0 Å². The van der Waals surface area contributed by atoms with Crippen LogP contribution in [0.15, 0.2) is 41.7 Å². The highest BCUT2D eigenvalue weighted by molar-refractivity contribution is 6.37. The van der Waals surface area contributed by atoms with E-state index in [-0.39, 0.29) is 37.0 Å². The summed E-state index contributed by atoms with van der Waals surface area (Å²) >= 11 is 5.68. The van der Waals surface area contributed by atoms with Crippen molar-refractivity contribution in [2.24, 2.45) is 22.6 Å². The lowest BCUT2D eigenvalue weighted by atomic mass is 9.91. The first kappa shape index (κ1) is 25.0. The molecule has 178 valence electrons. The van der Waals surface area contributed by atoms with E-state index in [0.717, 1.165) is 11.6 Å². The van der Waals surface area contributed by atoms with Crippen molar-refractivity contribution in [3.8, 4) is 0 Å². The monoisotopic (exact) mass is 481 g/mol. The van der Waals surface area contributed by atoms with E-state index in [1.807, 2.05) is 0 Å². The lowest BCUT2D eigenvalue weighted by Crippen LogP contribution is -2.39. The van der Waals surface area contributed by atoms with Crippen LogP contribution in [0.3, 0.4) is 0 Å². The van der Waals surface area contributed by atoms with Crippen LogP contribution in [-0.2, 0) is 17.4 Å². The van der Waals surface area contributed by atoms with E-state index in [0.29, 0.717) is 43.8 Å². The van der Waals surface area contributed by atoms with Gasteiger partial charge in [0.25, 0.3) is 11.9 Å². The summed E-state index contributed by atoms with van der Waals surface area (Å²) in [5.41, 5.74) is 6.54. The summed E-state index contributed by atoms with van der Waals surface area (Å²) in [7, 11) is 0. The number of nitrogens with two attached hydrogens (primary N) is 1. The highest BCUT2D eigenvalue weighted by Crippen LogP contribution is 2.48. The van der Waals surface area contributed by atoms with Gasteiger partial charge >= 0.3 is 6.18 Å². The molecular weight excluding hydrogens is 455 g/mol. The number of hydrogen-bond donors (Lipinski definition) is 1. The average molecular weight is 482 g/mol. The SMILES string of the molecule is C.N/C(=N\c1ncc(CCCl)cn1)C(=O)N1CC2CC(c3ccccc3C(F)(F)F)CC2C1. The van der Waals surface area contributed by atoms with Crippen molar-refractivity contribution in [1.82, 2.24) is 14.9 Å². The van der Waals surface area contributed by atoms with Crippen LogP contribution >= 0.6 is 11.6 Å². The van der Waals surface area contributed by atoms with E-state index in [1.165, 1.54) is 6.07 Å². The number of aryl methyl sites for hydroxylation is 1. The molecule has 2 N–H and O–H groups in total. The van der Waals surface area contributed by atoms with E-state index in [2.05, 4.69) is 15.0 Å². The molecule has 1 saturated carbocycles. The number of nitrogens with zero attached hydrogens (tertiary/aromatic N) is 4. The van der Waals surface area contributed by atoms with Gasteiger partial charge in [0.05, 0.1) is 5.56 Å². The number of carbonyl (C=O) groups excluding carboxylic acids is 1. The van der Waals surface area contributed by atoms with Crippen LogP contribution in [0.2, 0.25) is 0 Å². The van der Waals surface area contributed by atoms with Crippen molar-refractivity contribution < 1.29 is 18.0 Å². The van der Waals surface area contributed by atoms with Crippen molar-refractivity contribution in [3.05, 3.63) is 53.3 Å². The van der Waals surface area contributed by atoms with Gasteiger partial charge in [0.2, 0.25) is 0 Å². The van der Waals surface area contributed by atoms with Gasteiger partial charge in [-0.05, 0) is 54.2 Å². The molecule has 1 aromatic carbocycles. The minimum Gasteiger partial charge on any atom is -0.379 e. The predicted octanol–water partition coefficient (Wildman–Crippen LogP) is 4.55. The third kappa shape index (κ3) is 5.46. The molecule has 0 bridgehead atoms. The zero-order chi connectivity index (χ0) is 22.9. The van der Waals surface area contributed by atoms with E-state index < -0.39 is 17.6 Å². The third-order valence-corrected chi connectivity index (χ3v) is 6.45. The van der Waals surface area contributed by atoms with Crippen LogP contribution in [0.1, 0.15) is 42.9 Å². The van der Waals surface area contributed by atoms with Crippen molar-refractivity contribution >= 4 is 29.3 Å². The number of carbonyl (C=O) groups is 1. The van der Waals surface area contributed by atoms with E-state index in [4.69, 9.17) is 17.3 Å². The molecule has 1 saturated heterocycles. The zero-order valence-electron chi connectivity index (χ0n) is 17.2. The minimum absolute atomic E-state index is 0. The van der Waals surface area contributed by atoms with Gasteiger partial charge in [-0.1, -0.05) is 25.6 Å². The standard InChI is InChI=1S/C22H23ClF3N5O.CH4/c23-6-5-13-9-28-21(29-10-13)30-19(27)20(32)31-11-15-7-14(8-16(15)12-31)17-3-1-2-4-18(17)22(24,25)26;/h1-4,9-10,14-16H,5-8,11-12H2,(H2,27,28,29,30);1H4. The Kier molecular flexibility index (Phi) is 7.62. The summed E-state index contributed by atoms with van der Waals surface area (Å²) in [5.74, 6) is 0.0674. The number of amidine groups is 1. The number of benzene rings is 1. The van der Waals surface area contributed by atoms with E-state index in [1.54, 1.807) is 29.4 Å². The number of hydrogen-bond acceptors (Lipinski definition) is 4. The summed E-state index contributed by atoms with van der Waals surface area (Å²) in [6.07, 6.45) is 0.667. The zero-order valence-corrected chi connectivity index (χ0v) is 18.0. The van der Waals surface area contributed by atoms with Gasteiger partial charge in [-0.3, -0.25) is 4.79 Å². The normalized spacial score (nSPS) is 22.7. The summed E-state index contributed by atoms with van der Waals surface area (Å²) in [6.45, 7) is 0.917. The first-order valence-electron chi connectivity index (χ1n) is 10.4. The number of rotatable bonds is 4. The van der Waals surface area contributed by atoms with Crippen LogP contribution in [-0.4, -0.2) is 45.6 Å². The molecule has 2 aromatic rings. The topological polar surface area (TPSA) is 84.5 Å². The Bertz CT molecular complexity index is 998. The van der Waals surface area contributed by atoms with Crippen molar-refractivity contribution in [2.75, 3.05) is 19.0 Å². The molecule has 6 nitrogen and oxygen atoms in total. The van der Waals surface area contributed by atoms with Gasteiger partial charge in [0.1, 0.15) is 0 Å². The van der Waals surface area contributed by atoms with Crippen molar-refractivity contribution in [1.29, 1.82) is 0 Å². The van der Waals surface area contributed by atoms with Gasteiger partial charge in [0, 0.05) is 31.4 Å². The molecule has 1 amide bonds. The van der Waals surface area contributed by atoms with Crippen LogP contribution in [0, 0.1) is 11.8 Å². The molecule has 2 fully saturated rings. The van der Waals surface area contributed by atoms with Gasteiger partial charge in [-0.15, -0.1) is 11.6 Å². The molecule has 2 unspecified atom stereocenters. The summed E-state index contributed by atoms with van der Waals surface area (Å²) in [6, 6.07) is 5.77. The Balaban J connectivity index is 0.00000306. The lowest BCUT2D eigenvalue weighted by Gasteiger charge is -2.21. The second-order valence-corrected chi connectivity index (χ2v) is 8.69. The average Bonchev–Trinajstić information content (AvgIpc) is 3.33. The van der Waals surface area contributed by atoms with Gasteiger partial charge in [0.15, 0.2) is 5.84 Å². The molecule has 0 spiro atoms. The van der Waals surface area contributed by atoms with Crippen molar-refractivity contribution in [3.63, 3.8) is 0 Å². The number of halogens is 4. The Morgan fingerprint density at radius 3 is 2.33 bits per heavy atom. The maximum absolute atomic E-state index is 13.4. The number of alkyl halides is 4. The molecule has 1 aliphatic heterocycles. The fourth-order valence-corrected chi connectivity index (χ4v) is 5.01. The second-order valence-electron chi connectivity index (χ2n) is 8.31. The van der Waals surface area contributed by atoms with Gasteiger partial charge < -0.3 is 10.6 Å². The molecular formula is C23H27ClF3N5O. The third-order valence-electron chi connectivity index (χ3n) is 6.26. The number of amides is 1. The molecule has 1 aromatic heterocycles. The summed E-state index contributed by atoms with van der Waals surface area (Å²) in [5, 5.41) is 0. The van der Waals surface area contributed by atoms with Crippen LogP contribution < -0.4 is 5.73 Å². The molecule has 33 heavy (non-hydrogen) atoms. The van der Waals surface area contributed by atoms with E-state index >= 15 is 0 Å². The Morgan fingerprint density at radius 2 is 1.76 bits per heavy atom. The van der Waals surface area contributed by atoms with Gasteiger partial charge in [-0.2, -0.15) is 18.2 Å². The molecule has 1 aliphatic carbocycles. The van der Waals surface area contributed by atoms with Gasteiger partial charge in [-0.25, -0.2) is 9.97 Å². The van der Waals surface area contributed by atoms with E-state index in [9.17, 15) is 18.0 Å². The predicted molar refractivity (Wildman–Crippen MR) is 121 cm³/mol. The Hall–Kier alpha value is -2.68. The van der Waals surface area contributed by atoms with Crippen molar-refractivity contribution in [2.45, 2.75) is 38.8 Å². The number of aromatic nitrogens is 2. The number of fused-ring (bicyclic) bond motifs is 1. The van der Waals surface area contributed by atoms with Crippen LogP contribution in [0.4, 0.5) is 19.1 Å². The molecule has 2 heterocycles. The maximum Gasteiger partial charge on any atom is 0.416 e. The molecule has 0 radical (unpaired) electrons. The summed E-state index contributed by atoms with van der Waals surface area (Å²) in [4.78, 5) is 26.5. The quantitative estimate of drug-likeness (QED) is 0.394. The highest BCUT2D eigenvalue weighted by Gasteiger charge is 2.45. The largest absolute Gasteiger partial charge is 0.416 e. The fourth-order valence-electron chi connectivity index (χ4n) is 4.79. The molecule has 2 aliphatic rings. The molecule has 10 heteroatoms. The Labute approximate surface area is 196 Å². The number of likely N-dealkylation sites (tertiary alicyclic amines) is 1. The highest BCUT2D eigenvalue weighted by atomic mass is 35.5. The fraction of sp³-hybridized carbons (Fsp3) is 0.478. The molecule has 2 atom stereocenters. The minimum atomic E-state index is -4.37. The van der Waals surface area contributed by atoms with Crippen LogP contribution in [0.5, 0.6) is 0 Å². The smallest absolute Gasteiger partial charge is 0.379 e. The number of aliphatic imine (C=N–C) groups is 1. The summed E-state index contributed by atoms with van der Waals surface area (Å²) < 4.78 is 40.2. The Morgan fingerprint density at radius 1 is 1.15 bits per heavy atom. The second kappa shape index (κ2) is 10.1. The molecule has 4 rings (SSSR count). The lowest BCUT2D eigenvalue weighted by molar-refractivity contribution is -0.138. The first-order chi connectivity index (χ1) is 15.3.